The number of morpholine rings is 1. The van der Waals surface area contributed by atoms with Crippen molar-refractivity contribution in [3.8, 4) is 0 Å². The molecular weight excluding hydrogens is 321 g/mol. The summed E-state index contributed by atoms with van der Waals surface area (Å²) in [5.74, 6) is -1.10. The van der Waals surface area contributed by atoms with E-state index in [1.165, 1.54) is 14.0 Å². The van der Waals surface area contributed by atoms with Crippen LogP contribution in [0.4, 0.5) is 18.0 Å². The fourth-order valence-electron chi connectivity index (χ4n) is 1.95. The number of urea groups is 1. The van der Waals surface area contributed by atoms with Crippen LogP contribution in [0.5, 0.6) is 0 Å². The van der Waals surface area contributed by atoms with Gasteiger partial charge < -0.3 is 15.4 Å². The molecule has 0 saturated carbocycles. The molecule has 1 aliphatic rings. The van der Waals surface area contributed by atoms with E-state index in [9.17, 15) is 27.6 Å². The number of carbonyl (C=O) groups is 3. The molecule has 1 rings (SSSR count). The van der Waals surface area contributed by atoms with Crippen LogP contribution < -0.4 is 16.0 Å². The normalized spacial score (nSPS) is 20.5. The maximum absolute atomic E-state index is 12.0. The third kappa shape index (κ3) is 6.40. The van der Waals surface area contributed by atoms with Crippen LogP contribution in [0.2, 0.25) is 0 Å². The molecule has 23 heavy (non-hydrogen) atoms. The largest absolute Gasteiger partial charge is 0.405 e. The van der Waals surface area contributed by atoms with Crippen LogP contribution in [0.3, 0.4) is 0 Å². The Labute approximate surface area is 130 Å². The topological polar surface area (TPSA) is 99.8 Å². The van der Waals surface area contributed by atoms with Crippen LogP contribution in [-0.2, 0) is 14.3 Å². The average molecular weight is 340 g/mol. The number of imide groups is 1. The second kappa shape index (κ2) is 8.11. The molecule has 4 amide bonds. The Kier molecular flexibility index (Phi) is 6.76. The van der Waals surface area contributed by atoms with Gasteiger partial charge in [-0.2, -0.15) is 13.2 Å². The Morgan fingerprint density at radius 2 is 2.00 bits per heavy atom. The number of rotatable bonds is 4. The second-order valence-electron chi connectivity index (χ2n) is 4.93. The Morgan fingerprint density at radius 3 is 2.57 bits per heavy atom. The van der Waals surface area contributed by atoms with Gasteiger partial charge in [0.1, 0.15) is 12.6 Å². The summed E-state index contributed by atoms with van der Waals surface area (Å²) < 4.78 is 41.2. The molecule has 1 heterocycles. The summed E-state index contributed by atoms with van der Waals surface area (Å²) in [5, 5.41) is 5.80. The Bertz CT molecular complexity index is 458. The molecule has 3 N–H and O–H groups in total. The molecule has 1 fully saturated rings. The highest BCUT2D eigenvalue weighted by atomic mass is 19.4. The van der Waals surface area contributed by atoms with Gasteiger partial charge in [0.05, 0.1) is 12.6 Å². The van der Waals surface area contributed by atoms with E-state index >= 15 is 0 Å². The lowest BCUT2D eigenvalue weighted by Gasteiger charge is -2.35. The quantitative estimate of drug-likeness (QED) is 0.623. The smallest absolute Gasteiger partial charge is 0.366 e. The van der Waals surface area contributed by atoms with Crippen molar-refractivity contribution in [2.45, 2.75) is 25.2 Å². The maximum Gasteiger partial charge on any atom is 0.405 e. The van der Waals surface area contributed by atoms with Crippen molar-refractivity contribution in [3.05, 3.63) is 0 Å². The zero-order valence-electron chi connectivity index (χ0n) is 12.7. The highest BCUT2D eigenvalue weighted by Gasteiger charge is 2.32. The number of carbonyl (C=O) groups excluding carboxylic acids is 3. The van der Waals surface area contributed by atoms with E-state index in [-0.39, 0.29) is 19.1 Å². The van der Waals surface area contributed by atoms with Gasteiger partial charge in [-0.25, -0.2) is 4.79 Å². The average Bonchev–Trinajstić information content (AvgIpc) is 2.50. The summed E-state index contributed by atoms with van der Waals surface area (Å²) in [6.45, 7) is 0.663. The second-order valence-corrected chi connectivity index (χ2v) is 4.93. The summed E-state index contributed by atoms with van der Waals surface area (Å²) in [6.07, 6.45) is -5.31. The van der Waals surface area contributed by atoms with Crippen molar-refractivity contribution in [1.29, 1.82) is 0 Å². The minimum absolute atomic E-state index is 0.137. The first-order valence-electron chi connectivity index (χ1n) is 6.86. The number of amides is 4. The molecule has 11 heteroatoms. The number of hydrogen-bond acceptors (Lipinski definition) is 5. The number of nitrogens with zero attached hydrogens (tertiary/aromatic N) is 1. The van der Waals surface area contributed by atoms with Crippen LogP contribution in [-0.4, -0.2) is 74.4 Å². The summed E-state index contributed by atoms with van der Waals surface area (Å²) in [6, 6.07) is -2.03. The third-order valence-corrected chi connectivity index (χ3v) is 3.25. The Balaban J connectivity index is 2.49. The van der Waals surface area contributed by atoms with Gasteiger partial charge in [0, 0.05) is 20.1 Å². The van der Waals surface area contributed by atoms with Crippen molar-refractivity contribution in [2.75, 3.05) is 33.3 Å². The number of nitrogens with one attached hydrogen (secondary N) is 3. The molecule has 0 aliphatic carbocycles. The van der Waals surface area contributed by atoms with E-state index in [0.717, 1.165) is 0 Å². The number of halogens is 3. The minimum atomic E-state index is -4.56. The molecule has 0 bridgehead atoms. The monoisotopic (exact) mass is 340 g/mol. The van der Waals surface area contributed by atoms with E-state index in [1.807, 2.05) is 5.32 Å². The van der Waals surface area contributed by atoms with Crippen LogP contribution in [0.1, 0.15) is 6.92 Å². The first-order valence-corrected chi connectivity index (χ1v) is 6.86. The highest BCUT2D eigenvalue weighted by Crippen LogP contribution is 2.12. The first kappa shape index (κ1) is 19.2. The molecule has 1 saturated heterocycles. The molecule has 8 nitrogen and oxygen atoms in total. The first-order chi connectivity index (χ1) is 10.6. The van der Waals surface area contributed by atoms with Gasteiger partial charge in [-0.3, -0.25) is 19.8 Å². The van der Waals surface area contributed by atoms with Gasteiger partial charge in [0.25, 0.3) is 0 Å². The standard InChI is InChI=1S/C12H19F3N4O4/c1-7(9(20)18-11(22)17-6-12(13,14)15)19-3-4-23-8(5-19)10(21)16-2/h7-8H,3-6H2,1-2H3,(H,16,21)(H2,17,18,20,22)/t7-,8+/m0/s1. The predicted molar refractivity (Wildman–Crippen MR) is 72.4 cm³/mol. The van der Waals surface area contributed by atoms with Crippen molar-refractivity contribution in [3.63, 3.8) is 0 Å². The summed E-state index contributed by atoms with van der Waals surface area (Å²) in [5.41, 5.74) is 0. The molecule has 0 spiro atoms. The summed E-state index contributed by atoms with van der Waals surface area (Å²) in [7, 11) is 1.45. The predicted octanol–water partition coefficient (Wildman–Crippen LogP) is -0.790. The van der Waals surface area contributed by atoms with E-state index in [0.29, 0.717) is 6.54 Å². The van der Waals surface area contributed by atoms with E-state index in [2.05, 4.69) is 5.32 Å². The fraction of sp³-hybridized carbons (Fsp3) is 0.750. The lowest BCUT2D eigenvalue weighted by atomic mass is 10.2. The van der Waals surface area contributed by atoms with Crippen LogP contribution >= 0.6 is 0 Å². The molecule has 0 radical (unpaired) electrons. The van der Waals surface area contributed by atoms with Crippen molar-refractivity contribution in [2.24, 2.45) is 0 Å². The third-order valence-electron chi connectivity index (χ3n) is 3.25. The number of alkyl halides is 3. The van der Waals surface area contributed by atoms with E-state index in [1.54, 1.807) is 10.2 Å². The molecular formula is C12H19F3N4O4. The molecule has 0 aromatic heterocycles. The van der Waals surface area contributed by atoms with Crippen LogP contribution in [0, 0.1) is 0 Å². The zero-order chi connectivity index (χ0) is 17.6. The SMILES string of the molecule is CNC(=O)[C@H]1CN([C@@H](C)C(=O)NC(=O)NCC(F)(F)F)CCO1. The van der Waals surface area contributed by atoms with Crippen molar-refractivity contribution in [1.82, 2.24) is 20.9 Å². The Morgan fingerprint density at radius 1 is 1.35 bits per heavy atom. The maximum atomic E-state index is 12.0. The Hall–Kier alpha value is -1.88. The molecule has 1 aliphatic heterocycles. The molecule has 0 aromatic rings. The van der Waals surface area contributed by atoms with E-state index < -0.39 is 36.8 Å². The van der Waals surface area contributed by atoms with Gasteiger partial charge in [0.2, 0.25) is 11.8 Å². The molecule has 0 unspecified atom stereocenters. The molecule has 132 valence electrons. The lowest BCUT2D eigenvalue weighted by Crippen LogP contribution is -2.56. The highest BCUT2D eigenvalue weighted by molar-refractivity contribution is 5.96. The molecule has 2 atom stereocenters. The van der Waals surface area contributed by atoms with E-state index in [4.69, 9.17) is 4.74 Å². The number of ether oxygens (including phenoxy) is 1. The van der Waals surface area contributed by atoms with Gasteiger partial charge in [-0.05, 0) is 6.92 Å². The lowest BCUT2D eigenvalue weighted by molar-refractivity contribution is -0.142. The zero-order valence-corrected chi connectivity index (χ0v) is 12.7. The fourth-order valence-corrected chi connectivity index (χ4v) is 1.95. The van der Waals surface area contributed by atoms with Gasteiger partial charge in [-0.15, -0.1) is 0 Å². The number of hydrogen-bond donors (Lipinski definition) is 3. The number of likely N-dealkylation sites (N-methyl/N-ethyl adjacent to an activating group) is 1. The van der Waals surface area contributed by atoms with Crippen molar-refractivity contribution >= 4 is 17.8 Å². The van der Waals surface area contributed by atoms with Gasteiger partial charge in [0.15, 0.2) is 0 Å². The molecule has 0 aromatic carbocycles. The summed E-state index contributed by atoms with van der Waals surface area (Å²) in [4.78, 5) is 36.3. The summed E-state index contributed by atoms with van der Waals surface area (Å²) >= 11 is 0. The van der Waals surface area contributed by atoms with Gasteiger partial charge >= 0.3 is 12.2 Å². The minimum Gasteiger partial charge on any atom is -0.366 e. The van der Waals surface area contributed by atoms with Gasteiger partial charge in [-0.1, -0.05) is 0 Å². The van der Waals surface area contributed by atoms with Crippen molar-refractivity contribution < 1.29 is 32.3 Å². The van der Waals surface area contributed by atoms with Crippen LogP contribution in [0.15, 0.2) is 0 Å². The van der Waals surface area contributed by atoms with Crippen LogP contribution in [0.25, 0.3) is 0 Å².